The Morgan fingerprint density at radius 3 is 2.50 bits per heavy atom. The SMILES string of the molecule is O=S(=O)(Cl)CC1(COc2ccc(Br)cc2Cl)CCCC1. The zero-order valence-corrected chi connectivity index (χ0v) is 14.7. The monoisotopic (exact) mass is 400 g/mol. The molecule has 0 atom stereocenters. The zero-order chi connectivity index (χ0) is 14.8. The molecule has 0 bridgehead atoms. The molecule has 3 nitrogen and oxygen atoms in total. The van der Waals surface area contributed by atoms with Crippen molar-refractivity contribution in [1.82, 2.24) is 0 Å². The van der Waals surface area contributed by atoms with Crippen LogP contribution < -0.4 is 4.74 Å². The standard InChI is InChI=1S/C13H15BrCl2O3S/c14-10-3-4-12(11(15)7-10)19-8-13(5-1-2-6-13)9-20(16,17)18/h3-4,7H,1-2,5-6,8-9H2. The fraction of sp³-hybridized carbons (Fsp3) is 0.538. The van der Waals surface area contributed by atoms with Gasteiger partial charge in [-0.05, 0) is 31.0 Å². The molecule has 0 aliphatic heterocycles. The van der Waals surface area contributed by atoms with E-state index in [2.05, 4.69) is 15.9 Å². The molecule has 1 saturated carbocycles. The van der Waals surface area contributed by atoms with E-state index in [1.165, 1.54) is 0 Å². The van der Waals surface area contributed by atoms with Crippen molar-refractivity contribution >= 4 is 47.3 Å². The van der Waals surface area contributed by atoms with E-state index < -0.39 is 14.5 Å². The zero-order valence-electron chi connectivity index (χ0n) is 10.7. The predicted molar refractivity (Wildman–Crippen MR) is 85.2 cm³/mol. The Labute approximate surface area is 137 Å². The third-order valence-corrected chi connectivity index (χ3v) is 5.64. The highest BCUT2D eigenvalue weighted by Gasteiger charge is 2.38. The molecule has 20 heavy (non-hydrogen) atoms. The van der Waals surface area contributed by atoms with E-state index in [-0.39, 0.29) is 5.75 Å². The second-order valence-electron chi connectivity index (χ2n) is 5.25. The van der Waals surface area contributed by atoms with Crippen molar-refractivity contribution in [3.63, 3.8) is 0 Å². The van der Waals surface area contributed by atoms with Gasteiger partial charge in [-0.25, -0.2) is 8.42 Å². The lowest BCUT2D eigenvalue weighted by Crippen LogP contribution is -2.32. The lowest BCUT2D eigenvalue weighted by atomic mass is 9.90. The van der Waals surface area contributed by atoms with E-state index in [4.69, 9.17) is 27.0 Å². The maximum absolute atomic E-state index is 11.4. The van der Waals surface area contributed by atoms with Crippen LogP contribution in [-0.2, 0) is 9.05 Å². The van der Waals surface area contributed by atoms with Crippen LogP contribution in [0.4, 0.5) is 0 Å². The second kappa shape index (κ2) is 6.42. The smallest absolute Gasteiger partial charge is 0.233 e. The van der Waals surface area contributed by atoms with Gasteiger partial charge in [0.25, 0.3) is 0 Å². The minimum atomic E-state index is -3.54. The van der Waals surface area contributed by atoms with Crippen LogP contribution in [-0.4, -0.2) is 20.8 Å². The van der Waals surface area contributed by atoms with Crippen LogP contribution >= 0.6 is 38.2 Å². The van der Waals surface area contributed by atoms with Crippen LogP contribution in [0.3, 0.4) is 0 Å². The summed E-state index contributed by atoms with van der Waals surface area (Å²) < 4.78 is 29.4. The Morgan fingerprint density at radius 2 is 1.95 bits per heavy atom. The Kier molecular flexibility index (Phi) is 5.27. The molecular formula is C13H15BrCl2O3S. The first-order chi connectivity index (χ1) is 9.30. The Bertz CT molecular complexity index is 583. The summed E-state index contributed by atoms with van der Waals surface area (Å²) in [5, 5.41) is 0.501. The average molecular weight is 402 g/mol. The molecule has 112 valence electrons. The molecule has 0 N–H and O–H groups in total. The number of hydrogen-bond acceptors (Lipinski definition) is 3. The normalized spacial score (nSPS) is 18.1. The van der Waals surface area contributed by atoms with Crippen LogP contribution in [0.25, 0.3) is 0 Å². The largest absolute Gasteiger partial charge is 0.491 e. The highest BCUT2D eigenvalue weighted by Crippen LogP contribution is 2.41. The maximum atomic E-state index is 11.4. The number of ether oxygens (including phenoxy) is 1. The second-order valence-corrected chi connectivity index (χ2v) is 9.35. The summed E-state index contributed by atoms with van der Waals surface area (Å²) in [7, 11) is 1.89. The molecule has 0 radical (unpaired) electrons. The first-order valence-electron chi connectivity index (χ1n) is 6.30. The molecule has 0 heterocycles. The van der Waals surface area contributed by atoms with E-state index in [1.54, 1.807) is 12.1 Å². The van der Waals surface area contributed by atoms with Gasteiger partial charge in [0.1, 0.15) is 5.75 Å². The van der Waals surface area contributed by atoms with Gasteiger partial charge in [-0.3, -0.25) is 0 Å². The molecule has 7 heteroatoms. The van der Waals surface area contributed by atoms with Gasteiger partial charge in [-0.1, -0.05) is 40.4 Å². The van der Waals surface area contributed by atoms with Gasteiger partial charge in [0.2, 0.25) is 9.05 Å². The number of benzene rings is 1. The molecule has 1 aromatic rings. The van der Waals surface area contributed by atoms with Crippen LogP contribution in [0.15, 0.2) is 22.7 Å². The molecule has 0 amide bonds. The average Bonchev–Trinajstić information content (AvgIpc) is 2.74. The van der Waals surface area contributed by atoms with Crippen molar-refractivity contribution in [3.8, 4) is 5.75 Å². The van der Waals surface area contributed by atoms with E-state index in [0.717, 1.165) is 30.2 Å². The van der Waals surface area contributed by atoms with E-state index in [9.17, 15) is 8.42 Å². The van der Waals surface area contributed by atoms with Crippen molar-refractivity contribution < 1.29 is 13.2 Å². The molecule has 1 aliphatic rings. The topological polar surface area (TPSA) is 43.4 Å². The van der Waals surface area contributed by atoms with E-state index in [1.807, 2.05) is 6.07 Å². The Balaban J connectivity index is 2.09. The maximum Gasteiger partial charge on any atom is 0.233 e. The van der Waals surface area contributed by atoms with Crippen LogP contribution in [0.2, 0.25) is 5.02 Å². The summed E-state index contributed by atoms with van der Waals surface area (Å²) >= 11 is 9.42. The lowest BCUT2D eigenvalue weighted by Gasteiger charge is -2.27. The van der Waals surface area contributed by atoms with Crippen molar-refractivity contribution in [2.75, 3.05) is 12.4 Å². The third kappa shape index (κ3) is 4.52. The number of halogens is 3. The van der Waals surface area contributed by atoms with Crippen LogP contribution in [0.1, 0.15) is 25.7 Å². The summed E-state index contributed by atoms with van der Waals surface area (Å²) in [6, 6.07) is 5.35. The summed E-state index contributed by atoms with van der Waals surface area (Å²) in [5.74, 6) is 0.517. The molecule has 0 unspecified atom stereocenters. The fourth-order valence-electron chi connectivity index (χ4n) is 2.64. The van der Waals surface area contributed by atoms with Gasteiger partial charge in [-0.2, -0.15) is 0 Å². The minimum Gasteiger partial charge on any atom is -0.491 e. The summed E-state index contributed by atoms with van der Waals surface area (Å²) in [4.78, 5) is 0. The van der Waals surface area contributed by atoms with Crippen LogP contribution in [0.5, 0.6) is 5.75 Å². The minimum absolute atomic E-state index is 0.0459. The first kappa shape index (κ1) is 16.4. The fourth-order valence-corrected chi connectivity index (χ4v) is 5.17. The summed E-state index contributed by atoms with van der Waals surface area (Å²) in [5.41, 5.74) is -0.392. The van der Waals surface area contributed by atoms with Crippen molar-refractivity contribution in [3.05, 3.63) is 27.7 Å². The molecule has 0 saturated heterocycles. The van der Waals surface area contributed by atoms with Gasteiger partial charge in [0, 0.05) is 20.6 Å². The van der Waals surface area contributed by atoms with Gasteiger partial charge in [-0.15, -0.1) is 0 Å². The van der Waals surface area contributed by atoms with Crippen molar-refractivity contribution in [2.24, 2.45) is 5.41 Å². The Morgan fingerprint density at radius 1 is 1.30 bits per heavy atom. The highest BCUT2D eigenvalue weighted by molar-refractivity contribution is 9.10. The predicted octanol–water partition coefficient (Wildman–Crippen LogP) is 4.61. The molecular weight excluding hydrogens is 387 g/mol. The van der Waals surface area contributed by atoms with Gasteiger partial charge < -0.3 is 4.74 Å². The van der Waals surface area contributed by atoms with Gasteiger partial charge in [0.05, 0.1) is 17.4 Å². The van der Waals surface area contributed by atoms with Crippen molar-refractivity contribution in [2.45, 2.75) is 25.7 Å². The molecule has 0 spiro atoms. The first-order valence-corrected chi connectivity index (χ1v) is 9.95. The molecule has 2 rings (SSSR count). The van der Waals surface area contributed by atoms with E-state index >= 15 is 0 Å². The summed E-state index contributed by atoms with van der Waals surface area (Å²) in [6.45, 7) is 0.320. The number of rotatable bonds is 5. The summed E-state index contributed by atoms with van der Waals surface area (Å²) in [6.07, 6.45) is 3.63. The molecule has 1 aliphatic carbocycles. The van der Waals surface area contributed by atoms with E-state index in [0.29, 0.717) is 17.4 Å². The van der Waals surface area contributed by atoms with Gasteiger partial charge in [0.15, 0.2) is 0 Å². The Hall–Kier alpha value is 0.0300. The third-order valence-electron chi connectivity index (χ3n) is 3.57. The highest BCUT2D eigenvalue weighted by atomic mass is 79.9. The van der Waals surface area contributed by atoms with Crippen LogP contribution in [0, 0.1) is 5.41 Å². The molecule has 1 aromatic carbocycles. The molecule has 0 aromatic heterocycles. The molecule has 1 fully saturated rings. The number of hydrogen-bond donors (Lipinski definition) is 0. The van der Waals surface area contributed by atoms with Crippen molar-refractivity contribution in [1.29, 1.82) is 0 Å². The lowest BCUT2D eigenvalue weighted by molar-refractivity contribution is 0.171. The quantitative estimate of drug-likeness (QED) is 0.676. The van der Waals surface area contributed by atoms with Gasteiger partial charge >= 0.3 is 0 Å².